The summed E-state index contributed by atoms with van der Waals surface area (Å²) < 4.78 is 11.4. The van der Waals surface area contributed by atoms with Crippen LogP contribution in [-0.4, -0.2) is 64.3 Å². The molecule has 0 aliphatic carbocycles. The summed E-state index contributed by atoms with van der Waals surface area (Å²) in [6.07, 6.45) is -0.121. The Bertz CT molecular complexity index is 1050. The van der Waals surface area contributed by atoms with Gasteiger partial charge in [-0.1, -0.05) is 17.7 Å². The van der Waals surface area contributed by atoms with E-state index in [9.17, 15) is 9.90 Å². The van der Waals surface area contributed by atoms with Gasteiger partial charge in [0, 0.05) is 17.1 Å². The molecule has 1 aliphatic heterocycles. The number of likely N-dealkylation sites (tertiary alicyclic amines) is 1. The van der Waals surface area contributed by atoms with Crippen LogP contribution < -0.4 is 4.74 Å². The zero-order valence-electron chi connectivity index (χ0n) is 16.6. The smallest absolute Gasteiger partial charge is 0.311 e. The van der Waals surface area contributed by atoms with Crippen molar-refractivity contribution in [2.75, 3.05) is 27.2 Å². The van der Waals surface area contributed by atoms with E-state index in [0.717, 1.165) is 12.1 Å². The summed E-state index contributed by atoms with van der Waals surface area (Å²) >= 11 is 6.33. The Labute approximate surface area is 178 Å². The molecule has 9 heteroatoms. The largest absolute Gasteiger partial charge is 0.508 e. The normalized spacial score (nSPS) is 14.1. The van der Waals surface area contributed by atoms with Crippen LogP contribution in [0.4, 0.5) is 0 Å². The quantitative estimate of drug-likeness (QED) is 0.645. The molecule has 1 aliphatic rings. The lowest BCUT2D eigenvalue weighted by atomic mass is 10.1. The highest BCUT2D eigenvalue weighted by atomic mass is 35.5. The van der Waals surface area contributed by atoms with Gasteiger partial charge in [0.25, 0.3) is 0 Å². The number of ether oxygens (including phenoxy) is 1. The summed E-state index contributed by atoms with van der Waals surface area (Å²) in [6.45, 7) is 1.60. The highest BCUT2D eigenvalue weighted by Gasteiger charge is 2.35. The van der Waals surface area contributed by atoms with Crippen molar-refractivity contribution in [1.82, 2.24) is 20.0 Å². The van der Waals surface area contributed by atoms with E-state index in [1.807, 2.05) is 31.1 Å². The highest BCUT2D eigenvalue weighted by Crippen LogP contribution is 2.27. The van der Waals surface area contributed by atoms with Crippen LogP contribution in [0.15, 0.2) is 46.9 Å². The van der Waals surface area contributed by atoms with E-state index in [-0.39, 0.29) is 29.5 Å². The van der Waals surface area contributed by atoms with Crippen LogP contribution in [0.25, 0.3) is 11.5 Å². The fourth-order valence-corrected chi connectivity index (χ4v) is 3.34. The van der Waals surface area contributed by atoms with E-state index in [0.29, 0.717) is 29.4 Å². The number of nitrogens with zero attached hydrogens (tertiary/aromatic N) is 4. The summed E-state index contributed by atoms with van der Waals surface area (Å²) in [7, 11) is 3.97. The average molecular weight is 429 g/mol. The molecule has 0 radical (unpaired) electrons. The third-order valence-electron chi connectivity index (χ3n) is 4.67. The molecule has 0 bridgehead atoms. The van der Waals surface area contributed by atoms with Crippen LogP contribution >= 0.6 is 11.6 Å². The summed E-state index contributed by atoms with van der Waals surface area (Å²) in [5, 5.41) is 17.8. The molecule has 0 spiro atoms. The topological polar surface area (TPSA) is 91.9 Å². The lowest BCUT2D eigenvalue weighted by Gasteiger charge is -2.38. The van der Waals surface area contributed by atoms with E-state index in [2.05, 4.69) is 10.2 Å². The summed E-state index contributed by atoms with van der Waals surface area (Å²) in [6, 6.07) is 11.9. The first-order chi connectivity index (χ1) is 14.4. The van der Waals surface area contributed by atoms with Crippen molar-refractivity contribution in [1.29, 1.82) is 0 Å². The third-order valence-corrected chi connectivity index (χ3v) is 5.02. The molecule has 1 fully saturated rings. The van der Waals surface area contributed by atoms with Gasteiger partial charge in [-0.3, -0.25) is 4.79 Å². The number of carbonyl (C=O) groups excluding carboxylic acids is 1. The number of phenolic OH excluding ortho intramolecular Hbond substituents is 1. The van der Waals surface area contributed by atoms with Gasteiger partial charge in [0.2, 0.25) is 5.89 Å². The zero-order valence-corrected chi connectivity index (χ0v) is 17.3. The minimum absolute atomic E-state index is 0.0763. The van der Waals surface area contributed by atoms with Crippen molar-refractivity contribution in [3.8, 4) is 23.0 Å². The van der Waals surface area contributed by atoms with E-state index < -0.39 is 0 Å². The van der Waals surface area contributed by atoms with Crippen LogP contribution in [-0.2, 0) is 6.54 Å². The molecule has 1 N–H and O–H groups in total. The molecule has 1 saturated heterocycles. The Hall–Kier alpha value is -3.10. The SMILES string of the molecule is CN(C)Cc1ccc(OC2CN(C(=O)c3nnc(-c4ccc(O)cc4)o3)C2)cc1Cl. The Kier molecular flexibility index (Phi) is 5.61. The molecule has 0 atom stereocenters. The highest BCUT2D eigenvalue weighted by molar-refractivity contribution is 6.31. The lowest BCUT2D eigenvalue weighted by Crippen LogP contribution is -2.56. The predicted molar refractivity (Wildman–Crippen MR) is 111 cm³/mol. The second-order valence-corrected chi connectivity index (χ2v) is 7.81. The van der Waals surface area contributed by atoms with Crippen molar-refractivity contribution in [2.45, 2.75) is 12.6 Å². The third kappa shape index (κ3) is 4.39. The number of aromatic nitrogens is 2. The molecule has 30 heavy (non-hydrogen) atoms. The Balaban J connectivity index is 1.33. The molecule has 1 amide bonds. The molecular weight excluding hydrogens is 408 g/mol. The molecule has 3 aromatic rings. The Morgan fingerprint density at radius 3 is 2.63 bits per heavy atom. The fraction of sp³-hybridized carbons (Fsp3) is 0.286. The number of hydrogen-bond acceptors (Lipinski definition) is 7. The number of amides is 1. The first-order valence-corrected chi connectivity index (χ1v) is 9.79. The number of hydrogen-bond donors (Lipinski definition) is 1. The standard InChI is InChI=1S/C21H21ClN4O4/c1-25(2)10-14-5-8-16(9-18(14)22)29-17-11-26(12-17)21(28)20-24-23-19(30-20)13-3-6-15(27)7-4-13/h3-9,17,27H,10-12H2,1-2H3. The van der Waals surface area contributed by atoms with Gasteiger partial charge in [-0.15, -0.1) is 10.2 Å². The fourth-order valence-electron chi connectivity index (χ4n) is 3.11. The number of aromatic hydroxyl groups is 1. The van der Waals surface area contributed by atoms with Crippen molar-refractivity contribution in [3.05, 3.63) is 58.9 Å². The van der Waals surface area contributed by atoms with Gasteiger partial charge < -0.3 is 24.1 Å². The van der Waals surface area contributed by atoms with Crippen molar-refractivity contribution in [3.63, 3.8) is 0 Å². The van der Waals surface area contributed by atoms with Crippen LogP contribution in [0.3, 0.4) is 0 Å². The lowest BCUT2D eigenvalue weighted by molar-refractivity contribution is 0.0150. The molecule has 4 rings (SSSR count). The van der Waals surface area contributed by atoms with Crippen LogP contribution in [0.1, 0.15) is 16.2 Å². The molecule has 156 valence electrons. The van der Waals surface area contributed by atoms with E-state index in [1.165, 1.54) is 12.1 Å². The maximum absolute atomic E-state index is 12.5. The number of phenols is 1. The number of carbonyl (C=O) groups is 1. The van der Waals surface area contributed by atoms with Gasteiger partial charge in [-0.05, 0) is 56.1 Å². The van der Waals surface area contributed by atoms with Crippen molar-refractivity contribution in [2.24, 2.45) is 0 Å². The summed E-state index contributed by atoms with van der Waals surface area (Å²) in [5.74, 6) is 0.611. The maximum atomic E-state index is 12.5. The van der Waals surface area contributed by atoms with Crippen molar-refractivity contribution < 1.29 is 19.1 Å². The second-order valence-electron chi connectivity index (χ2n) is 7.40. The average Bonchev–Trinajstić information content (AvgIpc) is 3.16. The van der Waals surface area contributed by atoms with Crippen molar-refractivity contribution >= 4 is 17.5 Å². The maximum Gasteiger partial charge on any atom is 0.311 e. The second kappa shape index (κ2) is 8.33. The molecule has 0 saturated carbocycles. The first-order valence-electron chi connectivity index (χ1n) is 9.41. The Morgan fingerprint density at radius 1 is 1.23 bits per heavy atom. The zero-order chi connectivity index (χ0) is 21.3. The van der Waals surface area contributed by atoms with E-state index >= 15 is 0 Å². The monoisotopic (exact) mass is 428 g/mol. The van der Waals surface area contributed by atoms with Crippen LogP contribution in [0, 0.1) is 0 Å². The Morgan fingerprint density at radius 2 is 1.97 bits per heavy atom. The molecule has 2 heterocycles. The van der Waals surface area contributed by atoms with Gasteiger partial charge in [0.1, 0.15) is 17.6 Å². The van der Waals surface area contributed by atoms with Gasteiger partial charge in [0.15, 0.2) is 0 Å². The molecule has 2 aromatic carbocycles. The first kappa shape index (κ1) is 20.2. The number of halogens is 1. The minimum Gasteiger partial charge on any atom is -0.508 e. The molecular formula is C21H21ClN4O4. The van der Waals surface area contributed by atoms with Gasteiger partial charge in [-0.2, -0.15) is 0 Å². The van der Waals surface area contributed by atoms with Gasteiger partial charge >= 0.3 is 11.8 Å². The summed E-state index contributed by atoms with van der Waals surface area (Å²) in [4.78, 5) is 16.2. The minimum atomic E-state index is -0.341. The predicted octanol–water partition coefficient (Wildman–Crippen LogP) is 3.06. The van der Waals surface area contributed by atoms with Crippen LogP contribution in [0.5, 0.6) is 11.5 Å². The van der Waals surface area contributed by atoms with E-state index in [1.54, 1.807) is 23.1 Å². The van der Waals surface area contributed by atoms with E-state index in [4.69, 9.17) is 20.8 Å². The van der Waals surface area contributed by atoms with Gasteiger partial charge in [0.05, 0.1) is 13.1 Å². The van der Waals surface area contributed by atoms with Crippen LogP contribution in [0.2, 0.25) is 5.02 Å². The number of rotatable bonds is 6. The molecule has 0 unspecified atom stereocenters. The van der Waals surface area contributed by atoms with Gasteiger partial charge in [-0.25, -0.2) is 0 Å². The molecule has 8 nitrogen and oxygen atoms in total. The molecule has 1 aromatic heterocycles. The summed E-state index contributed by atoms with van der Waals surface area (Å²) in [5.41, 5.74) is 1.65. The number of benzene rings is 2.